The van der Waals surface area contributed by atoms with Gasteiger partial charge in [0.2, 0.25) is 17.7 Å². The van der Waals surface area contributed by atoms with Crippen LogP contribution < -0.4 is 16.0 Å². The number of nitrogens with one attached hydrogen (secondary N) is 3. The van der Waals surface area contributed by atoms with Crippen LogP contribution in [0.15, 0.2) is 53.0 Å². The fourth-order valence-electron chi connectivity index (χ4n) is 2.46. The van der Waals surface area contributed by atoms with Crippen molar-refractivity contribution in [2.75, 3.05) is 35.6 Å². The van der Waals surface area contributed by atoms with E-state index < -0.39 is 0 Å². The molecule has 0 spiro atoms. The molecule has 3 amide bonds. The van der Waals surface area contributed by atoms with Crippen LogP contribution in [0.2, 0.25) is 0 Å². The number of hydrogen-bond donors (Lipinski definition) is 3. The Balaban J connectivity index is 1.83. The molecule has 0 aromatic heterocycles. The van der Waals surface area contributed by atoms with Crippen molar-refractivity contribution in [3.63, 3.8) is 0 Å². The number of hydrogen-bond acceptors (Lipinski definition) is 4. The Hall–Kier alpha value is -2.71. The van der Waals surface area contributed by atoms with Crippen molar-refractivity contribution in [1.29, 1.82) is 0 Å². The summed E-state index contributed by atoms with van der Waals surface area (Å²) >= 11 is 3.35. The summed E-state index contributed by atoms with van der Waals surface area (Å²) in [5.74, 6) is -0.556. The molecule has 0 radical (unpaired) electrons. The summed E-state index contributed by atoms with van der Waals surface area (Å²) in [6.07, 6.45) is 0. The summed E-state index contributed by atoms with van der Waals surface area (Å²) in [6, 6.07) is 14.1. The maximum absolute atomic E-state index is 12.3. The molecule has 0 bridgehead atoms. The van der Waals surface area contributed by atoms with Crippen molar-refractivity contribution in [3.8, 4) is 0 Å². The third-order valence-electron chi connectivity index (χ3n) is 3.80. The number of carbonyl (C=O) groups excluding carboxylic acids is 3. The Morgan fingerprint density at radius 2 is 1.18 bits per heavy atom. The van der Waals surface area contributed by atoms with Crippen molar-refractivity contribution >= 4 is 50.7 Å². The minimum absolute atomic E-state index is 0.0949. The van der Waals surface area contributed by atoms with Gasteiger partial charge in [0.25, 0.3) is 0 Å². The van der Waals surface area contributed by atoms with E-state index >= 15 is 0 Å². The average molecular weight is 447 g/mol. The smallest absolute Gasteiger partial charge is 0.238 e. The van der Waals surface area contributed by atoms with Gasteiger partial charge in [-0.1, -0.05) is 22.9 Å². The number of nitrogens with zero attached hydrogens (tertiary/aromatic N) is 1. The first-order chi connectivity index (χ1) is 13.4. The minimum Gasteiger partial charge on any atom is -0.326 e. The molecule has 0 aliphatic heterocycles. The lowest BCUT2D eigenvalue weighted by Crippen LogP contribution is -2.38. The molecule has 8 heteroatoms. The average Bonchev–Trinajstić information content (AvgIpc) is 2.64. The number of amides is 3. The van der Waals surface area contributed by atoms with Crippen LogP contribution in [-0.2, 0) is 14.4 Å². The maximum atomic E-state index is 12.3. The monoisotopic (exact) mass is 446 g/mol. The molecule has 2 rings (SSSR count). The molecule has 0 saturated heterocycles. The number of carbonyl (C=O) groups is 3. The van der Waals surface area contributed by atoms with Gasteiger partial charge in [-0.25, -0.2) is 0 Å². The van der Waals surface area contributed by atoms with Crippen molar-refractivity contribution in [1.82, 2.24) is 4.90 Å². The van der Waals surface area contributed by atoms with Crippen molar-refractivity contribution in [3.05, 3.63) is 53.0 Å². The van der Waals surface area contributed by atoms with E-state index in [0.29, 0.717) is 23.6 Å². The van der Waals surface area contributed by atoms with E-state index in [-0.39, 0.29) is 30.8 Å². The molecular formula is C20H23BrN4O3. The van der Waals surface area contributed by atoms with Gasteiger partial charge in [0, 0.05) is 28.5 Å². The van der Waals surface area contributed by atoms with E-state index in [1.807, 2.05) is 19.1 Å². The Kier molecular flexibility index (Phi) is 8.16. The first-order valence-corrected chi connectivity index (χ1v) is 9.60. The molecule has 0 saturated carbocycles. The van der Waals surface area contributed by atoms with Crippen LogP contribution in [0, 0.1) is 0 Å². The molecule has 0 atom stereocenters. The number of halogens is 1. The third-order valence-corrected chi connectivity index (χ3v) is 4.33. The summed E-state index contributed by atoms with van der Waals surface area (Å²) in [5.41, 5.74) is 1.98. The molecule has 0 fully saturated rings. The lowest BCUT2D eigenvalue weighted by atomic mass is 10.2. The number of rotatable bonds is 8. The Labute approximate surface area is 172 Å². The predicted octanol–water partition coefficient (Wildman–Crippen LogP) is 3.31. The fraction of sp³-hybridized carbons (Fsp3) is 0.250. The van der Waals surface area contributed by atoms with Gasteiger partial charge in [-0.15, -0.1) is 0 Å². The van der Waals surface area contributed by atoms with E-state index in [1.54, 1.807) is 41.3 Å². The first-order valence-electron chi connectivity index (χ1n) is 8.81. The summed E-state index contributed by atoms with van der Waals surface area (Å²) < 4.78 is 0.933. The second kappa shape index (κ2) is 10.6. The van der Waals surface area contributed by atoms with E-state index in [9.17, 15) is 14.4 Å². The molecule has 2 aromatic rings. The van der Waals surface area contributed by atoms with Crippen LogP contribution in [0.25, 0.3) is 0 Å². The van der Waals surface area contributed by atoms with Gasteiger partial charge < -0.3 is 16.0 Å². The quantitative estimate of drug-likeness (QED) is 0.579. The molecule has 0 unspecified atom stereocenters. The zero-order chi connectivity index (χ0) is 20.5. The standard InChI is InChI=1S/C20H23BrN4O3/c1-3-25(12-19(27)23-17-6-4-15(21)5-7-17)13-20(28)24-18-10-8-16(9-11-18)22-14(2)26/h4-11H,3,12-13H2,1-2H3,(H,22,26)(H,23,27)(H,24,28). The number of likely N-dealkylation sites (N-methyl/N-ethyl adjacent to an activating group) is 1. The highest BCUT2D eigenvalue weighted by Gasteiger charge is 2.13. The lowest BCUT2D eigenvalue weighted by molar-refractivity contribution is -0.120. The van der Waals surface area contributed by atoms with Gasteiger partial charge in [-0.05, 0) is 55.1 Å². The predicted molar refractivity (Wildman–Crippen MR) is 114 cm³/mol. The highest BCUT2D eigenvalue weighted by atomic mass is 79.9. The molecule has 0 aliphatic carbocycles. The van der Waals surface area contributed by atoms with Gasteiger partial charge in [0.15, 0.2) is 0 Å². The highest BCUT2D eigenvalue weighted by Crippen LogP contribution is 2.15. The SMILES string of the molecule is CCN(CC(=O)Nc1ccc(Br)cc1)CC(=O)Nc1ccc(NC(C)=O)cc1. The maximum Gasteiger partial charge on any atom is 0.238 e. The highest BCUT2D eigenvalue weighted by molar-refractivity contribution is 9.10. The van der Waals surface area contributed by atoms with Gasteiger partial charge in [0.05, 0.1) is 13.1 Å². The first kappa shape index (κ1) is 21.6. The van der Waals surface area contributed by atoms with Crippen LogP contribution in [0.1, 0.15) is 13.8 Å². The van der Waals surface area contributed by atoms with Gasteiger partial charge in [-0.2, -0.15) is 0 Å². The van der Waals surface area contributed by atoms with Crippen LogP contribution in [-0.4, -0.2) is 42.3 Å². The normalized spacial score (nSPS) is 10.4. The second-order valence-electron chi connectivity index (χ2n) is 6.17. The second-order valence-corrected chi connectivity index (χ2v) is 7.08. The zero-order valence-electron chi connectivity index (χ0n) is 15.8. The summed E-state index contributed by atoms with van der Waals surface area (Å²) in [5, 5.41) is 8.26. The van der Waals surface area contributed by atoms with Crippen LogP contribution >= 0.6 is 15.9 Å². The number of anilines is 3. The summed E-state index contributed by atoms with van der Waals surface area (Å²) in [4.78, 5) is 37.2. The Morgan fingerprint density at radius 1 is 0.786 bits per heavy atom. The fourth-order valence-corrected chi connectivity index (χ4v) is 2.72. The van der Waals surface area contributed by atoms with Crippen molar-refractivity contribution < 1.29 is 14.4 Å². The van der Waals surface area contributed by atoms with Crippen molar-refractivity contribution in [2.45, 2.75) is 13.8 Å². The summed E-state index contributed by atoms with van der Waals surface area (Å²) in [6.45, 7) is 4.09. The van der Waals surface area contributed by atoms with Gasteiger partial charge in [-0.3, -0.25) is 19.3 Å². The van der Waals surface area contributed by atoms with Gasteiger partial charge in [0.1, 0.15) is 0 Å². The third kappa shape index (κ3) is 7.50. The largest absolute Gasteiger partial charge is 0.326 e. The zero-order valence-corrected chi connectivity index (χ0v) is 17.4. The van der Waals surface area contributed by atoms with E-state index in [1.165, 1.54) is 6.92 Å². The number of benzene rings is 2. The Bertz CT molecular complexity index is 822. The van der Waals surface area contributed by atoms with E-state index in [2.05, 4.69) is 31.9 Å². The van der Waals surface area contributed by atoms with Crippen LogP contribution in [0.4, 0.5) is 17.1 Å². The minimum atomic E-state index is -0.217. The topological polar surface area (TPSA) is 90.5 Å². The Morgan fingerprint density at radius 3 is 1.57 bits per heavy atom. The van der Waals surface area contributed by atoms with E-state index in [4.69, 9.17) is 0 Å². The molecule has 148 valence electrons. The molecule has 0 aliphatic rings. The molecule has 2 aromatic carbocycles. The van der Waals surface area contributed by atoms with Crippen LogP contribution in [0.5, 0.6) is 0 Å². The molecular weight excluding hydrogens is 424 g/mol. The van der Waals surface area contributed by atoms with Crippen molar-refractivity contribution in [2.24, 2.45) is 0 Å². The van der Waals surface area contributed by atoms with E-state index in [0.717, 1.165) is 4.47 Å². The lowest BCUT2D eigenvalue weighted by Gasteiger charge is -2.19. The molecule has 0 heterocycles. The molecule has 3 N–H and O–H groups in total. The molecule has 7 nitrogen and oxygen atoms in total. The van der Waals surface area contributed by atoms with Crippen LogP contribution in [0.3, 0.4) is 0 Å². The summed E-state index contributed by atoms with van der Waals surface area (Å²) in [7, 11) is 0. The molecule has 28 heavy (non-hydrogen) atoms. The van der Waals surface area contributed by atoms with Gasteiger partial charge >= 0.3 is 0 Å².